The number of carbonyl (C=O) groups is 2. The second kappa shape index (κ2) is 8.63. The zero-order valence-corrected chi connectivity index (χ0v) is 14.6. The van der Waals surface area contributed by atoms with Gasteiger partial charge >= 0.3 is 5.97 Å². The molecule has 0 aromatic carbocycles. The average molecular weight is 334 g/mol. The molecule has 1 N–H and O–H groups in total. The van der Waals surface area contributed by atoms with Crippen LogP contribution in [-0.2, 0) is 9.53 Å². The largest absolute Gasteiger partial charge is 0.462 e. The molecule has 0 unspecified atom stereocenters. The smallest absolute Gasteiger partial charge is 0.339 e. The van der Waals surface area contributed by atoms with E-state index in [9.17, 15) is 9.59 Å². The molecule has 1 saturated heterocycles. The SMILES string of the molecule is CCOC(=O)c1ccc(N2CCN(CC(=O)NC(C)C)CC2)nc1. The van der Waals surface area contributed by atoms with Crippen LogP contribution < -0.4 is 10.2 Å². The molecular formula is C17H26N4O3. The van der Waals surface area contributed by atoms with Gasteiger partial charge in [-0.15, -0.1) is 0 Å². The van der Waals surface area contributed by atoms with Gasteiger partial charge in [-0.2, -0.15) is 0 Å². The first-order chi connectivity index (χ1) is 11.5. The Hall–Kier alpha value is -2.15. The lowest BCUT2D eigenvalue weighted by atomic mass is 10.2. The van der Waals surface area contributed by atoms with Crippen LogP contribution >= 0.6 is 0 Å². The predicted molar refractivity (Wildman–Crippen MR) is 92.1 cm³/mol. The molecule has 1 fully saturated rings. The van der Waals surface area contributed by atoms with E-state index < -0.39 is 0 Å². The van der Waals surface area contributed by atoms with E-state index in [0.717, 1.165) is 32.0 Å². The highest BCUT2D eigenvalue weighted by Gasteiger charge is 2.20. The van der Waals surface area contributed by atoms with Gasteiger partial charge in [-0.05, 0) is 32.9 Å². The van der Waals surface area contributed by atoms with Crippen molar-refractivity contribution in [3.63, 3.8) is 0 Å². The minimum atomic E-state index is -0.350. The van der Waals surface area contributed by atoms with Crippen molar-refractivity contribution < 1.29 is 14.3 Å². The quantitative estimate of drug-likeness (QED) is 0.779. The molecule has 2 rings (SSSR count). The summed E-state index contributed by atoms with van der Waals surface area (Å²) in [6, 6.07) is 3.75. The fourth-order valence-electron chi connectivity index (χ4n) is 2.61. The molecule has 0 saturated carbocycles. The van der Waals surface area contributed by atoms with Gasteiger partial charge in [0.2, 0.25) is 5.91 Å². The van der Waals surface area contributed by atoms with Gasteiger partial charge in [0.05, 0.1) is 18.7 Å². The highest BCUT2D eigenvalue weighted by Crippen LogP contribution is 2.14. The van der Waals surface area contributed by atoms with Crippen LogP contribution in [0.15, 0.2) is 18.3 Å². The molecule has 7 heteroatoms. The van der Waals surface area contributed by atoms with Crippen LogP contribution in [0.3, 0.4) is 0 Å². The van der Waals surface area contributed by atoms with Crippen molar-refractivity contribution in [2.45, 2.75) is 26.8 Å². The molecule has 1 aliphatic rings. The van der Waals surface area contributed by atoms with E-state index in [1.165, 1.54) is 0 Å². The second-order valence-corrected chi connectivity index (χ2v) is 6.11. The molecule has 0 atom stereocenters. The highest BCUT2D eigenvalue weighted by atomic mass is 16.5. The number of hydrogen-bond acceptors (Lipinski definition) is 6. The molecular weight excluding hydrogens is 308 g/mol. The number of nitrogens with zero attached hydrogens (tertiary/aromatic N) is 3. The van der Waals surface area contributed by atoms with Crippen LogP contribution in [0.4, 0.5) is 5.82 Å². The standard InChI is InChI=1S/C17H26N4O3/c1-4-24-17(23)14-5-6-15(18-11-14)21-9-7-20(8-10-21)12-16(22)19-13(2)3/h5-6,11,13H,4,7-10,12H2,1-3H3,(H,19,22). The van der Waals surface area contributed by atoms with Crippen LogP contribution in [0.25, 0.3) is 0 Å². The fraction of sp³-hybridized carbons (Fsp3) is 0.588. The molecule has 24 heavy (non-hydrogen) atoms. The molecule has 1 aliphatic heterocycles. The summed E-state index contributed by atoms with van der Waals surface area (Å²) < 4.78 is 4.95. The van der Waals surface area contributed by atoms with Crippen molar-refractivity contribution in [2.24, 2.45) is 0 Å². The maximum absolute atomic E-state index is 11.8. The second-order valence-electron chi connectivity index (χ2n) is 6.11. The summed E-state index contributed by atoms with van der Waals surface area (Å²) in [6.07, 6.45) is 1.55. The topological polar surface area (TPSA) is 74.8 Å². The summed E-state index contributed by atoms with van der Waals surface area (Å²) in [5.41, 5.74) is 0.463. The summed E-state index contributed by atoms with van der Waals surface area (Å²) in [5, 5.41) is 2.91. The lowest BCUT2D eigenvalue weighted by Gasteiger charge is -2.35. The first kappa shape index (κ1) is 18.2. The van der Waals surface area contributed by atoms with Gasteiger partial charge in [0.15, 0.2) is 0 Å². The van der Waals surface area contributed by atoms with E-state index in [1.54, 1.807) is 19.2 Å². The molecule has 0 radical (unpaired) electrons. The summed E-state index contributed by atoms with van der Waals surface area (Å²) in [6.45, 7) is 9.72. The van der Waals surface area contributed by atoms with Crippen molar-refractivity contribution in [3.8, 4) is 0 Å². The number of piperazine rings is 1. The van der Waals surface area contributed by atoms with E-state index in [2.05, 4.69) is 20.1 Å². The van der Waals surface area contributed by atoms with Gasteiger partial charge in [-0.25, -0.2) is 9.78 Å². The predicted octanol–water partition coefficient (Wildman–Crippen LogP) is 0.905. The van der Waals surface area contributed by atoms with Crippen LogP contribution in [0.2, 0.25) is 0 Å². The van der Waals surface area contributed by atoms with Crippen LogP contribution in [-0.4, -0.2) is 67.1 Å². The highest BCUT2D eigenvalue weighted by molar-refractivity contribution is 5.89. The number of amides is 1. The zero-order chi connectivity index (χ0) is 17.5. The Balaban J connectivity index is 1.83. The number of aromatic nitrogens is 1. The van der Waals surface area contributed by atoms with Crippen LogP contribution in [0.5, 0.6) is 0 Å². The molecule has 0 bridgehead atoms. The van der Waals surface area contributed by atoms with Gasteiger partial charge < -0.3 is 15.0 Å². The number of ether oxygens (including phenoxy) is 1. The van der Waals surface area contributed by atoms with Crippen LogP contribution in [0.1, 0.15) is 31.1 Å². The molecule has 0 aliphatic carbocycles. The van der Waals surface area contributed by atoms with Gasteiger partial charge in [0, 0.05) is 38.4 Å². The Morgan fingerprint density at radius 3 is 2.50 bits per heavy atom. The molecule has 1 aromatic heterocycles. The van der Waals surface area contributed by atoms with E-state index in [-0.39, 0.29) is 17.9 Å². The van der Waals surface area contributed by atoms with E-state index in [0.29, 0.717) is 18.7 Å². The van der Waals surface area contributed by atoms with Gasteiger partial charge in [0.1, 0.15) is 5.82 Å². The Labute approximate surface area is 143 Å². The van der Waals surface area contributed by atoms with E-state index >= 15 is 0 Å². The van der Waals surface area contributed by atoms with Gasteiger partial charge in [-0.3, -0.25) is 9.69 Å². The third kappa shape index (κ3) is 5.19. The Bertz CT molecular complexity index is 551. The average Bonchev–Trinajstić information content (AvgIpc) is 2.55. The number of hydrogen-bond donors (Lipinski definition) is 1. The Morgan fingerprint density at radius 1 is 1.25 bits per heavy atom. The van der Waals surface area contributed by atoms with Crippen molar-refractivity contribution in [1.29, 1.82) is 0 Å². The summed E-state index contributed by atoms with van der Waals surface area (Å²) in [5.74, 6) is 0.558. The van der Waals surface area contributed by atoms with Crippen molar-refractivity contribution in [2.75, 3.05) is 44.2 Å². The van der Waals surface area contributed by atoms with Gasteiger partial charge in [0.25, 0.3) is 0 Å². The number of rotatable bonds is 6. The fourth-order valence-corrected chi connectivity index (χ4v) is 2.61. The molecule has 132 valence electrons. The van der Waals surface area contributed by atoms with E-state index in [1.807, 2.05) is 19.9 Å². The normalized spacial score (nSPS) is 15.4. The Kier molecular flexibility index (Phi) is 6.54. The molecule has 0 spiro atoms. The summed E-state index contributed by atoms with van der Waals surface area (Å²) in [7, 11) is 0. The minimum Gasteiger partial charge on any atom is -0.462 e. The number of anilines is 1. The lowest BCUT2D eigenvalue weighted by Crippen LogP contribution is -2.50. The number of nitrogens with one attached hydrogen (secondary N) is 1. The number of esters is 1. The van der Waals surface area contributed by atoms with Crippen molar-refractivity contribution in [1.82, 2.24) is 15.2 Å². The molecule has 1 amide bonds. The third-order valence-electron chi connectivity index (χ3n) is 3.77. The summed E-state index contributed by atoms with van der Waals surface area (Å²) in [4.78, 5) is 32.1. The van der Waals surface area contributed by atoms with Gasteiger partial charge in [-0.1, -0.05) is 0 Å². The minimum absolute atomic E-state index is 0.0652. The van der Waals surface area contributed by atoms with Crippen molar-refractivity contribution >= 4 is 17.7 Å². The zero-order valence-electron chi connectivity index (χ0n) is 14.6. The molecule has 2 heterocycles. The monoisotopic (exact) mass is 334 g/mol. The number of carbonyl (C=O) groups excluding carboxylic acids is 2. The summed E-state index contributed by atoms with van der Waals surface area (Å²) >= 11 is 0. The van der Waals surface area contributed by atoms with Crippen molar-refractivity contribution in [3.05, 3.63) is 23.9 Å². The molecule has 7 nitrogen and oxygen atoms in total. The Morgan fingerprint density at radius 2 is 1.96 bits per heavy atom. The third-order valence-corrected chi connectivity index (χ3v) is 3.77. The number of pyridine rings is 1. The van der Waals surface area contributed by atoms with Crippen LogP contribution in [0, 0.1) is 0 Å². The molecule has 1 aromatic rings. The lowest BCUT2D eigenvalue weighted by molar-refractivity contribution is -0.122. The first-order valence-corrected chi connectivity index (χ1v) is 8.39. The first-order valence-electron chi connectivity index (χ1n) is 8.39. The maximum atomic E-state index is 11.8. The van der Waals surface area contributed by atoms with E-state index in [4.69, 9.17) is 4.74 Å². The maximum Gasteiger partial charge on any atom is 0.339 e.